The second kappa shape index (κ2) is 7.16. The maximum atomic E-state index is 12.3. The minimum absolute atomic E-state index is 0.0109. The summed E-state index contributed by atoms with van der Waals surface area (Å²) in [5, 5.41) is 9.30. The van der Waals surface area contributed by atoms with E-state index in [0.717, 1.165) is 25.7 Å². The zero-order chi connectivity index (χ0) is 14.4. The van der Waals surface area contributed by atoms with Crippen molar-refractivity contribution in [3.8, 4) is 0 Å². The third-order valence-electron chi connectivity index (χ3n) is 3.66. The van der Waals surface area contributed by atoms with E-state index in [9.17, 15) is 14.7 Å². The van der Waals surface area contributed by atoms with Crippen LogP contribution in [0.2, 0.25) is 0 Å². The lowest BCUT2D eigenvalue weighted by Crippen LogP contribution is -2.55. The molecule has 0 aromatic heterocycles. The topological polar surface area (TPSA) is 60.9 Å². The molecule has 2 amide bonds. The van der Waals surface area contributed by atoms with Crippen molar-refractivity contribution in [1.29, 1.82) is 0 Å². The average Bonchev–Trinajstić information content (AvgIpc) is 2.37. The fourth-order valence-corrected chi connectivity index (χ4v) is 2.57. The van der Waals surface area contributed by atoms with Crippen molar-refractivity contribution in [1.82, 2.24) is 9.80 Å². The van der Waals surface area contributed by atoms with E-state index in [1.807, 2.05) is 13.0 Å². The molecule has 1 saturated heterocycles. The predicted molar refractivity (Wildman–Crippen MR) is 74.0 cm³/mol. The molecule has 108 valence electrons. The van der Waals surface area contributed by atoms with Gasteiger partial charge >= 0.3 is 12.0 Å². The number of hydrogen-bond donors (Lipinski definition) is 1. The van der Waals surface area contributed by atoms with Crippen molar-refractivity contribution in [3.63, 3.8) is 0 Å². The molecule has 1 heterocycles. The molecule has 0 radical (unpaired) electrons. The molecule has 1 fully saturated rings. The number of aliphatic carboxylic acids is 1. The quantitative estimate of drug-likeness (QED) is 0.614. The van der Waals surface area contributed by atoms with Crippen molar-refractivity contribution < 1.29 is 14.7 Å². The van der Waals surface area contributed by atoms with E-state index in [1.54, 1.807) is 11.9 Å². The lowest BCUT2D eigenvalue weighted by molar-refractivity contribution is -0.145. The summed E-state index contributed by atoms with van der Waals surface area (Å²) in [7, 11) is 1.73. The van der Waals surface area contributed by atoms with Crippen LogP contribution in [0.4, 0.5) is 4.79 Å². The monoisotopic (exact) mass is 268 g/mol. The Kier molecular flexibility index (Phi) is 5.86. The van der Waals surface area contributed by atoms with Crippen LogP contribution in [0, 0.1) is 5.92 Å². The van der Waals surface area contributed by atoms with Gasteiger partial charge in [0.1, 0.15) is 6.04 Å². The number of carbonyl (C=O) groups excluding carboxylic acids is 1. The molecule has 1 aliphatic heterocycles. The number of unbranched alkanes of at least 4 members (excludes halogenated alkanes) is 1. The van der Waals surface area contributed by atoms with E-state index in [-0.39, 0.29) is 11.9 Å². The van der Waals surface area contributed by atoms with Crippen molar-refractivity contribution in [3.05, 3.63) is 12.7 Å². The van der Waals surface area contributed by atoms with E-state index in [0.29, 0.717) is 13.1 Å². The smallest absolute Gasteiger partial charge is 0.326 e. The van der Waals surface area contributed by atoms with Crippen molar-refractivity contribution in [2.24, 2.45) is 5.92 Å². The van der Waals surface area contributed by atoms with Gasteiger partial charge in [-0.1, -0.05) is 13.0 Å². The highest BCUT2D eigenvalue weighted by molar-refractivity contribution is 5.83. The highest BCUT2D eigenvalue weighted by Crippen LogP contribution is 2.24. The molecule has 1 rings (SSSR count). The molecule has 0 aromatic rings. The second-order valence-electron chi connectivity index (χ2n) is 5.23. The van der Waals surface area contributed by atoms with Gasteiger partial charge in [0.25, 0.3) is 0 Å². The third kappa shape index (κ3) is 3.98. The average molecular weight is 268 g/mol. The molecular weight excluding hydrogens is 244 g/mol. The van der Waals surface area contributed by atoms with Crippen LogP contribution in [-0.2, 0) is 4.79 Å². The number of piperidine rings is 1. The highest BCUT2D eigenvalue weighted by Gasteiger charge is 2.37. The highest BCUT2D eigenvalue weighted by atomic mass is 16.4. The van der Waals surface area contributed by atoms with E-state index in [1.165, 1.54) is 4.90 Å². The van der Waals surface area contributed by atoms with Crippen molar-refractivity contribution >= 4 is 12.0 Å². The molecule has 0 spiro atoms. The first-order valence-electron chi connectivity index (χ1n) is 6.84. The van der Waals surface area contributed by atoms with Gasteiger partial charge in [-0.05, 0) is 31.6 Å². The van der Waals surface area contributed by atoms with Gasteiger partial charge in [0.15, 0.2) is 0 Å². The van der Waals surface area contributed by atoms with Crippen LogP contribution in [0.1, 0.15) is 32.6 Å². The van der Waals surface area contributed by atoms with Gasteiger partial charge in [-0.15, -0.1) is 6.58 Å². The zero-order valence-corrected chi connectivity index (χ0v) is 11.8. The fraction of sp³-hybridized carbons (Fsp3) is 0.714. The van der Waals surface area contributed by atoms with Gasteiger partial charge in [0, 0.05) is 20.1 Å². The summed E-state index contributed by atoms with van der Waals surface area (Å²) in [6.07, 6.45) is 5.27. The van der Waals surface area contributed by atoms with E-state index in [4.69, 9.17) is 0 Å². The number of allylic oxidation sites excluding steroid dienone is 1. The molecular formula is C14H24N2O3. The lowest BCUT2D eigenvalue weighted by atomic mass is 9.91. The Hall–Kier alpha value is -1.52. The molecule has 2 atom stereocenters. The maximum Gasteiger partial charge on any atom is 0.326 e. The van der Waals surface area contributed by atoms with Gasteiger partial charge < -0.3 is 14.9 Å². The summed E-state index contributed by atoms with van der Waals surface area (Å²) < 4.78 is 0. The molecule has 19 heavy (non-hydrogen) atoms. The molecule has 0 saturated carbocycles. The number of carbonyl (C=O) groups is 2. The Morgan fingerprint density at radius 3 is 2.79 bits per heavy atom. The number of hydrogen-bond acceptors (Lipinski definition) is 2. The number of carboxylic acid groups (broad SMARTS) is 1. The third-order valence-corrected chi connectivity index (χ3v) is 3.66. The Balaban J connectivity index is 2.66. The Bertz CT molecular complexity index is 344. The normalized spacial score (nSPS) is 22.9. The fourth-order valence-electron chi connectivity index (χ4n) is 2.57. The summed E-state index contributed by atoms with van der Waals surface area (Å²) in [5.74, 6) is -0.892. The van der Waals surface area contributed by atoms with Crippen LogP contribution in [-0.4, -0.2) is 53.1 Å². The minimum Gasteiger partial charge on any atom is -0.480 e. The molecule has 0 aromatic carbocycles. The maximum absolute atomic E-state index is 12.3. The second-order valence-corrected chi connectivity index (χ2v) is 5.23. The molecule has 0 bridgehead atoms. The summed E-state index contributed by atoms with van der Waals surface area (Å²) >= 11 is 0. The van der Waals surface area contributed by atoms with Gasteiger partial charge in [-0.2, -0.15) is 0 Å². The van der Waals surface area contributed by atoms with E-state index in [2.05, 4.69) is 6.58 Å². The number of likely N-dealkylation sites (tertiary alicyclic amines) is 1. The molecule has 1 N–H and O–H groups in total. The molecule has 5 nitrogen and oxygen atoms in total. The van der Waals surface area contributed by atoms with Crippen molar-refractivity contribution in [2.45, 2.75) is 38.6 Å². The minimum atomic E-state index is -0.903. The number of nitrogens with zero attached hydrogens (tertiary/aromatic N) is 2. The number of rotatable bonds is 5. The molecule has 1 aliphatic rings. The van der Waals surface area contributed by atoms with E-state index >= 15 is 0 Å². The zero-order valence-electron chi connectivity index (χ0n) is 11.8. The lowest BCUT2D eigenvalue weighted by Gasteiger charge is -2.39. The Labute approximate surface area is 114 Å². The van der Waals surface area contributed by atoms with E-state index < -0.39 is 12.0 Å². The predicted octanol–water partition coefficient (Wildman–Crippen LogP) is 2.19. The first-order valence-corrected chi connectivity index (χ1v) is 6.84. The van der Waals surface area contributed by atoms with Crippen LogP contribution in [0.5, 0.6) is 0 Å². The Morgan fingerprint density at radius 1 is 1.53 bits per heavy atom. The van der Waals surface area contributed by atoms with Gasteiger partial charge in [-0.25, -0.2) is 9.59 Å². The van der Waals surface area contributed by atoms with Crippen LogP contribution in [0.3, 0.4) is 0 Å². The molecule has 2 unspecified atom stereocenters. The van der Waals surface area contributed by atoms with Gasteiger partial charge in [0.05, 0.1) is 0 Å². The van der Waals surface area contributed by atoms with Gasteiger partial charge in [-0.3, -0.25) is 0 Å². The van der Waals surface area contributed by atoms with Crippen LogP contribution < -0.4 is 0 Å². The largest absolute Gasteiger partial charge is 0.480 e. The number of urea groups is 1. The first-order chi connectivity index (χ1) is 8.99. The molecule has 5 heteroatoms. The summed E-state index contributed by atoms with van der Waals surface area (Å²) in [6.45, 7) is 6.71. The van der Waals surface area contributed by atoms with Crippen LogP contribution >= 0.6 is 0 Å². The first kappa shape index (κ1) is 15.5. The standard InChI is InChI=1S/C14H24N2O3/c1-4-5-6-9-15(3)14(19)16-10-7-8-11(2)12(16)13(17)18/h4,11-12H,1,5-10H2,2-3H3,(H,17,18). The van der Waals surface area contributed by atoms with Crippen LogP contribution in [0.15, 0.2) is 12.7 Å². The van der Waals surface area contributed by atoms with Gasteiger partial charge in [0.2, 0.25) is 0 Å². The Morgan fingerprint density at radius 2 is 2.21 bits per heavy atom. The summed E-state index contributed by atoms with van der Waals surface area (Å²) in [6, 6.07) is -0.869. The summed E-state index contributed by atoms with van der Waals surface area (Å²) in [5.41, 5.74) is 0. The summed E-state index contributed by atoms with van der Waals surface area (Å²) in [4.78, 5) is 26.8. The molecule has 0 aliphatic carbocycles. The van der Waals surface area contributed by atoms with Crippen LogP contribution in [0.25, 0.3) is 0 Å². The number of amides is 2. The van der Waals surface area contributed by atoms with Crippen molar-refractivity contribution in [2.75, 3.05) is 20.1 Å². The number of carboxylic acids is 1. The SMILES string of the molecule is C=CCCCN(C)C(=O)N1CCCC(C)C1C(=O)O.